The highest BCUT2D eigenvalue weighted by Gasteiger charge is 2.20. The van der Waals surface area contributed by atoms with Crippen molar-refractivity contribution < 1.29 is 14.3 Å². The highest BCUT2D eigenvalue weighted by molar-refractivity contribution is 5.97. The maximum Gasteiger partial charge on any atom is 0.258 e. The van der Waals surface area contributed by atoms with Gasteiger partial charge in [0.05, 0.1) is 19.9 Å². The largest absolute Gasteiger partial charge is 0.497 e. The van der Waals surface area contributed by atoms with Crippen LogP contribution in [0.15, 0.2) is 24.3 Å². The number of aromatic nitrogens is 2. The van der Waals surface area contributed by atoms with Crippen LogP contribution in [0.4, 0.5) is 0 Å². The van der Waals surface area contributed by atoms with Crippen molar-refractivity contribution in [1.82, 2.24) is 15.1 Å². The quantitative estimate of drug-likeness (QED) is 0.847. The number of rotatable bonds is 7. The molecule has 1 aromatic heterocycles. The molecule has 6 nitrogen and oxygen atoms in total. The minimum Gasteiger partial charge on any atom is -0.497 e. The number of ether oxygens (including phenoxy) is 2. The smallest absolute Gasteiger partial charge is 0.258 e. The molecule has 130 valence electrons. The van der Waals surface area contributed by atoms with E-state index in [0.29, 0.717) is 29.6 Å². The maximum absolute atomic E-state index is 12.4. The van der Waals surface area contributed by atoms with Crippen molar-refractivity contribution in [2.24, 2.45) is 7.05 Å². The second-order valence-electron chi connectivity index (χ2n) is 5.81. The molecule has 1 atom stereocenters. The van der Waals surface area contributed by atoms with E-state index in [1.807, 2.05) is 12.1 Å². The normalized spacial score (nSPS) is 11.9. The van der Waals surface area contributed by atoms with E-state index in [-0.39, 0.29) is 5.91 Å². The number of carbonyl (C=O) groups is 1. The third-order valence-corrected chi connectivity index (χ3v) is 4.14. The summed E-state index contributed by atoms with van der Waals surface area (Å²) in [6, 6.07) is 8.02. The molecule has 0 radical (unpaired) electrons. The fourth-order valence-corrected chi connectivity index (χ4v) is 2.72. The summed E-state index contributed by atoms with van der Waals surface area (Å²) in [6.45, 7) is 4.53. The van der Waals surface area contributed by atoms with Gasteiger partial charge in [-0.25, -0.2) is 4.68 Å². The van der Waals surface area contributed by atoms with E-state index in [0.717, 1.165) is 12.2 Å². The molecule has 0 unspecified atom stereocenters. The van der Waals surface area contributed by atoms with Crippen LogP contribution in [0.2, 0.25) is 0 Å². The predicted molar refractivity (Wildman–Crippen MR) is 92.9 cm³/mol. The Morgan fingerprint density at radius 3 is 2.50 bits per heavy atom. The first-order valence-corrected chi connectivity index (χ1v) is 7.97. The molecule has 24 heavy (non-hydrogen) atoms. The maximum atomic E-state index is 12.4. The van der Waals surface area contributed by atoms with Crippen molar-refractivity contribution in [2.75, 3.05) is 20.8 Å². The fraction of sp³-hybridized carbons (Fsp3) is 0.444. The van der Waals surface area contributed by atoms with Gasteiger partial charge in [0.1, 0.15) is 11.3 Å². The van der Waals surface area contributed by atoms with Crippen LogP contribution in [0, 0.1) is 6.92 Å². The Bertz CT molecular complexity index is 692. The molecule has 1 amide bonds. The average Bonchev–Trinajstić information content (AvgIpc) is 2.88. The molecule has 2 aromatic rings. The van der Waals surface area contributed by atoms with Crippen molar-refractivity contribution in [3.8, 4) is 11.6 Å². The zero-order valence-corrected chi connectivity index (χ0v) is 14.9. The molecule has 1 N–H and O–H groups in total. The van der Waals surface area contributed by atoms with Gasteiger partial charge in [0, 0.05) is 13.6 Å². The Morgan fingerprint density at radius 2 is 1.92 bits per heavy atom. The number of aryl methyl sites for hydroxylation is 2. The first-order chi connectivity index (χ1) is 11.5. The molecular formula is C18H25N3O3. The number of methoxy groups -OCH3 is 2. The number of amides is 1. The second-order valence-corrected chi connectivity index (χ2v) is 5.81. The first-order valence-electron chi connectivity index (χ1n) is 7.97. The van der Waals surface area contributed by atoms with E-state index >= 15 is 0 Å². The molecule has 0 aliphatic heterocycles. The molecule has 1 aromatic carbocycles. The minimum absolute atomic E-state index is 0.153. The third-order valence-electron chi connectivity index (χ3n) is 4.14. The SMILES string of the molecule is COc1ccc([C@@H](C)CCNC(=O)c2c(C)nn(C)c2OC)cc1. The van der Waals surface area contributed by atoms with Gasteiger partial charge in [-0.2, -0.15) is 5.10 Å². The Balaban J connectivity index is 1.92. The summed E-state index contributed by atoms with van der Waals surface area (Å²) in [4.78, 5) is 12.4. The summed E-state index contributed by atoms with van der Waals surface area (Å²) in [5.41, 5.74) is 2.38. The summed E-state index contributed by atoms with van der Waals surface area (Å²) in [6.07, 6.45) is 0.847. The van der Waals surface area contributed by atoms with Crippen LogP contribution in [0.3, 0.4) is 0 Å². The molecule has 0 spiro atoms. The molecule has 0 bridgehead atoms. The van der Waals surface area contributed by atoms with Crippen molar-refractivity contribution in [3.63, 3.8) is 0 Å². The minimum atomic E-state index is -0.153. The zero-order chi connectivity index (χ0) is 17.7. The molecule has 0 aliphatic rings. The highest BCUT2D eigenvalue weighted by atomic mass is 16.5. The lowest BCUT2D eigenvalue weighted by molar-refractivity contribution is 0.0948. The van der Waals surface area contributed by atoms with Gasteiger partial charge in [-0.15, -0.1) is 0 Å². The van der Waals surface area contributed by atoms with Gasteiger partial charge in [0.25, 0.3) is 5.91 Å². The van der Waals surface area contributed by atoms with Crippen molar-refractivity contribution >= 4 is 5.91 Å². The van der Waals surface area contributed by atoms with E-state index in [1.165, 1.54) is 5.56 Å². The summed E-state index contributed by atoms with van der Waals surface area (Å²) in [5, 5.41) is 7.18. The predicted octanol–water partition coefficient (Wildman–Crippen LogP) is 2.67. The van der Waals surface area contributed by atoms with E-state index < -0.39 is 0 Å². The van der Waals surface area contributed by atoms with Gasteiger partial charge in [0.2, 0.25) is 5.88 Å². The number of nitrogens with zero attached hydrogens (tertiary/aromatic N) is 2. The molecule has 0 aliphatic carbocycles. The molecule has 0 saturated heterocycles. The van der Waals surface area contributed by atoms with Gasteiger partial charge in [-0.05, 0) is 37.0 Å². The van der Waals surface area contributed by atoms with Gasteiger partial charge < -0.3 is 14.8 Å². The second kappa shape index (κ2) is 7.86. The van der Waals surface area contributed by atoms with E-state index in [9.17, 15) is 4.79 Å². The zero-order valence-electron chi connectivity index (χ0n) is 14.9. The van der Waals surface area contributed by atoms with Crippen LogP contribution < -0.4 is 14.8 Å². The van der Waals surface area contributed by atoms with E-state index in [1.54, 1.807) is 32.9 Å². The highest BCUT2D eigenvalue weighted by Crippen LogP contribution is 2.22. The average molecular weight is 331 g/mol. The Hall–Kier alpha value is -2.50. The summed E-state index contributed by atoms with van der Waals surface area (Å²) < 4.78 is 12.0. The van der Waals surface area contributed by atoms with Gasteiger partial charge in [-0.3, -0.25) is 4.79 Å². The van der Waals surface area contributed by atoms with Crippen molar-refractivity contribution in [1.29, 1.82) is 0 Å². The van der Waals surface area contributed by atoms with Crippen LogP contribution in [0.25, 0.3) is 0 Å². The first kappa shape index (κ1) is 17.8. The fourth-order valence-electron chi connectivity index (χ4n) is 2.72. The number of nitrogens with one attached hydrogen (secondary N) is 1. The van der Waals surface area contributed by atoms with Crippen LogP contribution in [0.1, 0.15) is 40.9 Å². The molecule has 2 rings (SSSR count). The number of benzene rings is 1. The van der Waals surface area contributed by atoms with Gasteiger partial charge in [0.15, 0.2) is 0 Å². The topological polar surface area (TPSA) is 65.4 Å². The van der Waals surface area contributed by atoms with Crippen molar-refractivity contribution in [2.45, 2.75) is 26.2 Å². The lowest BCUT2D eigenvalue weighted by Crippen LogP contribution is -2.26. The molecule has 1 heterocycles. The molecule has 6 heteroatoms. The molecule has 0 fully saturated rings. The number of hydrogen-bond acceptors (Lipinski definition) is 4. The Labute approximate surface area is 142 Å². The van der Waals surface area contributed by atoms with E-state index in [4.69, 9.17) is 9.47 Å². The summed E-state index contributed by atoms with van der Waals surface area (Å²) in [7, 11) is 4.95. The van der Waals surface area contributed by atoms with E-state index in [2.05, 4.69) is 29.5 Å². The summed E-state index contributed by atoms with van der Waals surface area (Å²) in [5.74, 6) is 1.51. The Kier molecular flexibility index (Phi) is 5.84. The van der Waals surface area contributed by atoms with Crippen LogP contribution in [0.5, 0.6) is 11.6 Å². The third kappa shape index (κ3) is 3.88. The number of hydrogen-bond donors (Lipinski definition) is 1. The van der Waals surface area contributed by atoms with Crippen molar-refractivity contribution in [3.05, 3.63) is 41.1 Å². The van der Waals surface area contributed by atoms with Gasteiger partial charge in [-0.1, -0.05) is 19.1 Å². The van der Waals surface area contributed by atoms with Crippen LogP contribution in [-0.4, -0.2) is 36.5 Å². The lowest BCUT2D eigenvalue weighted by Gasteiger charge is -2.13. The monoisotopic (exact) mass is 331 g/mol. The van der Waals surface area contributed by atoms with Crippen LogP contribution in [-0.2, 0) is 7.05 Å². The standard InChI is InChI=1S/C18H25N3O3/c1-12(14-6-8-15(23-4)9-7-14)10-11-19-17(22)16-13(2)20-21(3)18(16)24-5/h6-9,12H,10-11H2,1-5H3,(H,19,22)/t12-/m0/s1. The Morgan fingerprint density at radius 1 is 1.25 bits per heavy atom. The summed E-state index contributed by atoms with van der Waals surface area (Å²) >= 11 is 0. The lowest BCUT2D eigenvalue weighted by atomic mass is 9.98. The molecular weight excluding hydrogens is 306 g/mol. The van der Waals surface area contributed by atoms with Crippen LogP contribution >= 0.6 is 0 Å². The molecule has 0 saturated carbocycles. The number of carbonyl (C=O) groups excluding carboxylic acids is 1. The van der Waals surface area contributed by atoms with Gasteiger partial charge >= 0.3 is 0 Å².